The van der Waals surface area contributed by atoms with Crippen molar-refractivity contribution >= 4 is 27.2 Å². The van der Waals surface area contributed by atoms with Crippen LogP contribution < -0.4 is 10.5 Å². The van der Waals surface area contributed by atoms with Crippen molar-refractivity contribution in [1.82, 2.24) is 14.3 Å². The Morgan fingerprint density at radius 1 is 1.48 bits per heavy atom. The maximum Gasteiger partial charge on any atom is 0.241 e. The number of hydrogen-bond acceptors (Lipinski definition) is 4. The number of hydrogen-bond donors (Lipinski definition) is 2. The van der Waals surface area contributed by atoms with Crippen LogP contribution in [0.1, 0.15) is 5.56 Å². The molecule has 0 spiro atoms. The number of rotatable bonds is 6. The van der Waals surface area contributed by atoms with Crippen LogP contribution >= 0.6 is 12.2 Å². The third-order valence-electron chi connectivity index (χ3n) is 2.73. The molecule has 1 aromatic carbocycles. The fourth-order valence-electron chi connectivity index (χ4n) is 1.77. The number of sulfonamides is 1. The van der Waals surface area contributed by atoms with Crippen molar-refractivity contribution < 1.29 is 12.8 Å². The van der Waals surface area contributed by atoms with Crippen molar-refractivity contribution in [3.63, 3.8) is 0 Å². The highest BCUT2D eigenvalue weighted by Crippen LogP contribution is 2.18. The predicted molar refractivity (Wildman–Crippen MR) is 79.7 cm³/mol. The smallest absolute Gasteiger partial charge is 0.241 e. The van der Waals surface area contributed by atoms with Gasteiger partial charge in [0.15, 0.2) is 0 Å². The molecule has 0 aliphatic rings. The van der Waals surface area contributed by atoms with Crippen LogP contribution in [0.25, 0.3) is 0 Å². The fourth-order valence-corrected chi connectivity index (χ4v) is 3.29. The van der Waals surface area contributed by atoms with E-state index >= 15 is 0 Å². The van der Waals surface area contributed by atoms with E-state index in [0.717, 1.165) is 6.07 Å². The van der Waals surface area contributed by atoms with Gasteiger partial charge in [0.1, 0.15) is 10.8 Å². The molecule has 3 N–H and O–H groups in total. The quantitative estimate of drug-likeness (QED) is 0.759. The zero-order valence-corrected chi connectivity index (χ0v) is 12.5. The van der Waals surface area contributed by atoms with Crippen LogP contribution in [0, 0.1) is 5.82 Å². The van der Waals surface area contributed by atoms with Gasteiger partial charge in [-0.3, -0.25) is 0 Å². The lowest BCUT2D eigenvalue weighted by Gasteiger charge is -2.11. The fraction of sp³-hybridized carbons (Fsp3) is 0.167. The Bertz CT molecular complexity index is 745. The highest BCUT2D eigenvalue weighted by atomic mass is 32.2. The van der Waals surface area contributed by atoms with Gasteiger partial charge in [0.05, 0.1) is 16.8 Å². The maximum atomic E-state index is 13.7. The molecule has 0 aliphatic heterocycles. The normalized spacial score (nSPS) is 11.5. The Balaban J connectivity index is 2.20. The first-order valence-electron chi connectivity index (χ1n) is 5.95. The van der Waals surface area contributed by atoms with E-state index in [0.29, 0.717) is 6.54 Å². The van der Waals surface area contributed by atoms with Crippen molar-refractivity contribution in [1.29, 1.82) is 0 Å². The number of aromatic nitrogens is 2. The molecule has 0 unspecified atom stereocenters. The molecule has 1 heterocycles. The summed E-state index contributed by atoms with van der Waals surface area (Å²) in [7, 11) is -3.90. The molecule has 112 valence electrons. The average Bonchev–Trinajstić information content (AvgIpc) is 2.91. The summed E-state index contributed by atoms with van der Waals surface area (Å²) in [6.45, 7) is 0.531. The lowest BCUT2D eigenvalue weighted by atomic mass is 10.2. The molecule has 0 bridgehead atoms. The van der Waals surface area contributed by atoms with Gasteiger partial charge in [-0.25, -0.2) is 22.5 Å². The third kappa shape index (κ3) is 3.63. The Morgan fingerprint density at radius 3 is 2.86 bits per heavy atom. The van der Waals surface area contributed by atoms with Crippen LogP contribution in [0.2, 0.25) is 0 Å². The lowest BCUT2D eigenvalue weighted by molar-refractivity contribution is 0.569. The predicted octanol–water partition coefficient (Wildman–Crippen LogP) is 0.635. The first kappa shape index (κ1) is 15.5. The number of halogens is 1. The second kappa shape index (κ2) is 6.29. The molecule has 0 radical (unpaired) electrons. The monoisotopic (exact) mass is 328 g/mol. The lowest BCUT2D eigenvalue weighted by Crippen LogP contribution is -2.29. The van der Waals surface area contributed by atoms with Crippen molar-refractivity contribution in [3.8, 4) is 0 Å². The highest BCUT2D eigenvalue weighted by Gasteiger charge is 2.22. The summed E-state index contributed by atoms with van der Waals surface area (Å²) in [5, 5.41) is 0. The van der Waals surface area contributed by atoms with Gasteiger partial charge in [0, 0.05) is 25.5 Å². The van der Waals surface area contributed by atoms with Crippen LogP contribution in [-0.2, 0) is 16.6 Å². The molecule has 9 heteroatoms. The number of imidazole rings is 1. The van der Waals surface area contributed by atoms with Crippen molar-refractivity contribution in [2.24, 2.45) is 5.73 Å². The average molecular weight is 328 g/mol. The first-order valence-corrected chi connectivity index (χ1v) is 7.84. The van der Waals surface area contributed by atoms with E-state index < -0.39 is 15.8 Å². The Morgan fingerprint density at radius 2 is 2.24 bits per heavy atom. The van der Waals surface area contributed by atoms with Crippen LogP contribution in [0.5, 0.6) is 0 Å². The number of thiocarbonyl (C=S) groups is 1. The molecular weight excluding hydrogens is 315 g/mol. The Labute approximate surface area is 126 Å². The SMILES string of the molecule is NC(=S)c1c(F)cccc1S(=O)(=O)NCCn1ccnc1. The number of benzene rings is 1. The van der Waals surface area contributed by atoms with Gasteiger partial charge in [-0.05, 0) is 12.1 Å². The van der Waals surface area contributed by atoms with E-state index in [1.807, 2.05) is 0 Å². The summed E-state index contributed by atoms with van der Waals surface area (Å²) in [4.78, 5) is 3.28. The van der Waals surface area contributed by atoms with Gasteiger partial charge in [0.25, 0.3) is 0 Å². The van der Waals surface area contributed by atoms with Gasteiger partial charge < -0.3 is 10.3 Å². The number of nitrogens with one attached hydrogen (secondary N) is 1. The summed E-state index contributed by atoms with van der Waals surface area (Å²) in [6, 6.07) is 3.66. The highest BCUT2D eigenvalue weighted by molar-refractivity contribution is 7.89. The molecule has 0 amide bonds. The topological polar surface area (TPSA) is 90.0 Å². The van der Waals surface area contributed by atoms with Gasteiger partial charge in [0.2, 0.25) is 10.0 Å². The molecule has 0 saturated heterocycles. The molecule has 2 rings (SSSR count). The van der Waals surface area contributed by atoms with Crippen LogP contribution in [0.3, 0.4) is 0 Å². The maximum absolute atomic E-state index is 13.7. The first-order chi connectivity index (χ1) is 9.92. The largest absolute Gasteiger partial charge is 0.389 e. The van der Waals surface area contributed by atoms with Gasteiger partial charge >= 0.3 is 0 Å². The van der Waals surface area contributed by atoms with E-state index in [-0.39, 0.29) is 22.0 Å². The van der Waals surface area contributed by atoms with E-state index in [1.54, 1.807) is 23.3 Å². The minimum Gasteiger partial charge on any atom is -0.389 e. The molecule has 1 aromatic heterocycles. The summed E-state index contributed by atoms with van der Waals surface area (Å²) in [5.41, 5.74) is 5.13. The molecule has 0 fully saturated rings. The second-order valence-electron chi connectivity index (χ2n) is 4.18. The van der Waals surface area contributed by atoms with Crippen molar-refractivity contribution in [2.75, 3.05) is 6.54 Å². The van der Waals surface area contributed by atoms with E-state index in [2.05, 4.69) is 9.71 Å². The van der Waals surface area contributed by atoms with E-state index in [4.69, 9.17) is 18.0 Å². The molecule has 0 aliphatic carbocycles. The summed E-state index contributed by atoms with van der Waals surface area (Å²) >= 11 is 4.72. The molecule has 0 atom stereocenters. The van der Waals surface area contributed by atoms with Crippen LogP contribution in [0.4, 0.5) is 4.39 Å². The summed E-state index contributed by atoms with van der Waals surface area (Å²) in [5.74, 6) is -0.764. The van der Waals surface area contributed by atoms with Gasteiger partial charge in [-0.15, -0.1) is 0 Å². The molecule has 0 saturated carbocycles. The Kier molecular flexibility index (Phi) is 4.66. The van der Waals surface area contributed by atoms with Crippen molar-refractivity contribution in [3.05, 3.63) is 48.3 Å². The molecule has 2 aromatic rings. The van der Waals surface area contributed by atoms with Gasteiger partial charge in [-0.2, -0.15) is 0 Å². The molecular formula is C12H13FN4O2S2. The minimum atomic E-state index is -3.90. The van der Waals surface area contributed by atoms with E-state index in [1.165, 1.54) is 12.1 Å². The summed E-state index contributed by atoms with van der Waals surface area (Å²) in [6.07, 6.45) is 4.86. The number of nitrogens with zero attached hydrogens (tertiary/aromatic N) is 2. The molecule has 6 nitrogen and oxygen atoms in total. The third-order valence-corrected chi connectivity index (χ3v) is 4.44. The van der Waals surface area contributed by atoms with Crippen molar-refractivity contribution in [2.45, 2.75) is 11.4 Å². The Hall–Kier alpha value is -1.84. The number of nitrogens with two attached hydrogens (primary N) is 1. The van der Waals surface area contributed by atoms with Crippen LogP contribution in [0.15, 0.2) is 41.8 Å². The van der Waals surface area contributed by atoms with Gasteiger partial charge in [-0.1, -0.05) is 18.3 Å². The minimum absolute atomic E-state index is 0.131. The zero-order valence-electron chi connectivity index (χ0n) is 10.9. The van der Waals surface area contributed by atoms with E-state index in [9.17, 15) is 12.8 Å². The zero-order chi connectivity index (χ0) is 15.5. The summed E-state index contributed by atoms with van der Waals surface area (Å²) < 4.78 is 42.2. The van der Waals surface area contributed by atoms with Crippen LogP contribution in [-0.4, -0.2) is 29.5 Å². The molecule has 21 heavy (non-hydrogen) atoms. The standard InChI is InChI=1S/C12H13FN4O2S2/c13-9-2-1-3-10(11(9)12(14)20)21(18,19)16-5-7-17-6-4-15-8-17/h1-4,6,8,16H,5,7H2,(H2,14,20). The second-order valence-corrected chi connectivity index (χ2v) is 6.35.